The van der Waals surface area contributed by atoms with E-state index in [-0.39, 0.29) is 23.2 Å². The Morgan fingerprint density at radius 2 is 2.21 bits per heavy atom. The second-order valence-corrected chi connectivity index (χ2v) is 4.71. The van der Waals surface area contributed by atoms with Crippen LogP contribution < -0.4 is 16.0 Å². The van der Waals surface area contributed by atoms with Crippen LogP contribution in [-0.2, 0) is 4.79 Å². The van der Waals surface area contributed by atoms with Crippen molar-refractivity contribution in [1.29, 1.82) is 0 Å². The zero-order chi connectivity index (χ0) is 14.0. The summed E-state index contributed by atoms with van der Waals surface area (Å²) in [6, 6.07) is 5.10. The molecule has 2 rings (SSSR count). The summed E-state index contributed by atoms with van der Waals surface area (Å²) < 4.78 is 0. The Labute approximate surface area is 111 Å². The second-order valence-electron chi connectivity index (χ2n) is 4.71. The van der Waals surface area contributed by atoms with Gasteiger partial charge in [-0.05, 0) is 24.6 Å². The Hall–Kier alpha value is -2.24. The number of carbonyl (C=O) groups is 2. The van der Waals surface area contributed by atoms with Crippen LogP contribution in [0, 0.1) is 0 Å². The molecule has 6 nitrogen and oxygen atoms in total. The van der Waals surface area contributed by atoms with Crippen LogP contribution in [0.2, 0.25) is 0 Å². The SMILES string of the molecule is CC(=O)NC1CCN(c2ccc(N)c(C(=O)O)c2)C1. The third kappa shape index (κ3) is 2.96. The standard InChI is InChI=1S/C13H17N3O3/c1-8(17)15-9-4-5-16(7-9)10-2-3-12(14)11(6-10)13(18)19/h2-3,6,9H,4-5,7,14H2,1H3,(H,15,17)(H,18,19). The number of nitrogen functional groups attached to an aromatic ring is 1. The van der Waals surface area contributed by atoms with Crippen molar-refractivity contribution in [3.05, 3.63) is 23.8 Å². The number of anilines is 2. The van der Waals surface area contributed by atoms with Gasteiger partial charge in [-0.2, -0.15) is 0 Å². The van der Waals surface area contributed by atoms with Gasteiger partial charge in [-0.15, -0.1) is 0 Å². The van der Waals surface area contributed by atoms with E-state index in [0.717, 1.165) is 18.7 Å². The minimum Gasteiger partial charge on any atom is -0.478 e. The third-order valence-electron chi connectivity index (χ3n) is 3.23. The van der Waals surface area contributed by atoms with E-state index in [1.54, 1.807) is 18.2 Å². The topological polar surface area (TPSA) is 95.7 Å². The maximum atomic E-state index is 11.0. The molecule has 1 amide bonds. The van der Waals surface area contributed by atoms with Gasteiger partial charge in [0.15, 0.2) is 0 Å². The van der Waals surface area contributed by atoms with Gasteiger partial charge < -0.3 is 21.1 Å². The van der Waals surface area contributed by atoms with Gasteiger partial charge in [-0.3, -0.25) is 4.79 Å². The van der Waals surface area contributed by atoms with Gasteiger partial charge in [0.25, 0.3) is 0 Å². The van der Waals surface area contributed by atoms with Crippen molar-refractivity contribution in [2.45, 2.75) is 19.4 Å². The molecule has 0 saturated carbocycles. The molecule has 102 valence electrons. The van der Waals surface area contributed by atoms with Gasteiger partial charge in [0.05, 0.1) is 5.56 Å². The van der Waals surface area contributed by atoms with Crippen LogP contribution in [0.4, 0.5) is 11.4 Å². The lowest BCUT2D eigenvalue weighted by Crippen LogP contribution is -2.35. The molecule has 6 heteroatoms. The summed E-state index contributed by atoms with van der Waals surface area (Å²) in [5, 5.41) is 11.9. The number of nitrogens with one attached hydrogen (secondary N) is 1. The summed E-state index contributed by atoms with van der Waals surface area (Å²) in [4.78, 5) is 24.1. The lowest BCUT2D eigenvalue weighted by Gasteiger charge is -2.19. The van der Waals surface area contributed by atoms with Crippen molar-refractivity contribution in [1.82, 2.24) is 5.32 Å². The summed E-state index contributed by atoms with van der Waals surface area (Å²) in [5.41, 5.74) is 6.81. The van der Waals surface area contributed by atoms with Gasteiger partial charge in [-0.25, -0.2) is 4.79 Å². The molecule has 0 aliphatic carbocycles. The Morgan fingerprint density at radius 1 is 1.47 bits per heavy atom. The molecule has 19 heavy (non-hydrogen) atoms. The maximum Gasteiger partial charge on any atom is 0.337 e. The number of amides is 1. The van der Waals surface area contributed by atoms with Gasteiger partial charge in [0, 0.05) is 37.4 Å². The first-order valence-electron chi connectivity index (χ1n) is 6.12. The van der Waals surface area contributed by atoms with Gasteiger partial charge >= 0.3 is 5.97 Å². The first-order valence-corrected chi connectivity index (χ1v) is 6.12. The number of aromatic carboxylic acids is 1. The van der Waals surface area contributed by atoms with Crippen LogP contribution in [-0.4, -0.2) is 36.1 Å². The third-order valence-corrected chi connectivity index (χ3v) is 3.23. The average molecular weight is 263 g/mol. The molecule has 1 aliphatic heterocycles. The summed E-state index contributed by atoms with van der Waals surface area (Å²) in [6.45, 7) is 2.96. The van der Waals surface area contributed by atoms with Gasteiger partial charge in [0.1, 0.15) is 0 Å². The van der Waals surface area contributed by atoms with Crippen molar-refractivity contribution >= 4 is 23.3 Å². The van der Waals surface area contributed by atoms with Crippen molar-refractivity contribution in [2.24, 2.45) is 0 Å². The van der Waals surface area contributed by atoms with Crippen LogP contribution >= 0.6 is 0 Å². The molecule has 0 bridgehead atoms. The van der Waals surface area contributed by atoms with Crippen LogP contribution in [0.1, 0.15) is 23.7 Å². The number of benzene rings is 1. The molecule has 1 aromatic rings. The number of carbonyl (C=O) groups excluding carboxylic acids is 1. The van der Waals surface area contributed by atoms with E-state index in [2.05, 4.69) is 5.32 Å². The summed E-state index contributed by atoms with van der Waals surface area (Å²) in [6.07, 6.45) is 0.854. The van der Waals surface area contributed by atoms with Crippen LogP contribution in [0.25, 0.3) is 0 Å². The fourth-order valence-electron chi connectivity index (χ4n) is 2.33. The smallest absolute Gasteiger partial charge is 0.337 e. The van der Waals surface area contributed by atoms with Crippen LogP contribution in [0.3, 0.4) is 0 Å². The summed E-state index contributed by atoms with van der Waals surface area (Å²) in [5.74, 6) is -1.08. The van der Waals surface area contributed by atoms with E-state index in [4.69, 9.17) is 10.8 Å². The molecule has 1 aromatic carbocycles. The molecule has 4 N–H and O–H groups in total. The molecule has 0 spiro atoms. The molecular formula is C13H17N3O3. The number of nitrogens with zero attached hydrogens (tertiary/aromatic N) is 1. The minimum absolute atomic E-state index is 0.0459. The minimum atomic E-state index is -1.03. The average Bonchev–Trinajstić information content (AvgIpc) is 2.76. The van der Waals surface area contributed by atoms with Crippen molar-refractivity contribution in [2.75, 3.05) is 23.7 Å². The van der Waals surface area contributed by atoms with E-state index < -0.39 is 5.97 Å². The predicted molar refractivity (Wildman–Crippen MR) is 72.2 cm³/mol. The predicted octanol–water partition coefficient (Wildman–Crippen LogP) is 0.682. The molecule has 1 saturated heterocycles. The van der Waals surface area contributed by atoms with Gasteiger partial charge in [-0.1, -0.05) is 0 Å². The second kappa shape index (κ2) is 5.17. The number of rotatable bonds is 3. The molecular weight excluding hydrogens is 246 g/mol. The summed E-state index contributed by atoms with van der Waals surface area (Å²) in [7, 11) is 0. The highest BCUT2D eigenvalue weighted by Crippen LogP contribution is 2.24. The van der Waals surface area contributed by atoms with E-state index in [9.17, 15) is 9.59 Å². The highest BCUT2D eigenvalue weighted by atomic mass is 16.4. The zero-order valence-corrected chi connectivity index (χ0v) is 10.7. The largest absolute Gasteiger partial charge is 0.478 e. The lowest BCUT2D eigenvalue weighted by atomic mass is 10.1. The highest BCUT2D eigenvalue weighted by Gasteiger charge is 2.24. The zero-order valence-electron chi connectivity index (χ0n) is 10.7. The molecule has 0 aromatic heterocycles. The molecule has 1 aliphatic rings. The first kappa shape index (κ1) is 13.2. The molecule has 1 fully saturated rings. The van der Waals surface area contributed by atoms with E-state index in [1.165, 1.54) is 6.92 Å². The van der Waals surface area contributed by atoms with E-state index in [0.29, 0.717) is 6.54 Å². The number of hydrogen-bond acceptors (Lipinski definition) is 4. The van der Waals surface area contributed by atoms with Crippen molar-refractivity contribution < 1.29 is 14.7 Å². The Bertz CT molecular complexity index is 516. The van der Waals surface area contributed by atoms with Crippen molar-refractivity contribution in [3.8, 4) is 0 Å². The van der Waals surface area contributed by atoms with Crippen molar-refractivity contribution in [3.63, 3.8) is 0 Å². The monoisotopic (exact) mass is 263 g/mol. The summed E-state index contributed by atoms with van der Waals surface area (Å²) >= 11 is 0. The number of carboxylic acids is 1. The first-order chi connectivity index (χ1) is 8.97. The fourth-order valence-corrected chi connectivity index (χ4v) is 2.33. The molecule has 1 atom stereocenters. The highest BCUT2D eigenvalue weighted by molar-refractivity contribution is 5.94. The molecule has 1 heterocycles. The quantitative estimate of drug-likeness (QED) is 0.697. The number of carboxylic acid groups (broad SMARTS) is 1. The van der Waals surface area contributed by atoms with E-state index >= 15 is 0 Å². The Kier molecular flexibility index (Phi) is 3.59. The number of hydrogen-bond donors (Lipinski definition) is 3. The normalized spacial score (nSPS) is 18.4. The van der Waals surface area contributed by atoms with Gasteiger partial charge in [0.2, 0.25) is 5.91 Å². The maximum absolute atomic E-state index is 11.0. The lowest BCUT2D eigenvalue weighted by molar-refractivity contribution is -0.119. The molecule has 0 radical (unpaired) electrons. The Balaban J connectivity index is 2.13. The van der Waals surface area contributed by atoms with E-state index in [1.807, 2.05) is 4.90 Å². The number of nitrogens with two attached hydrogens (primary N) is 1. The van der Waals surface area contributed by atoms with Crippen LogP contribution in [0.5, 0.6) is 0 Å². The fraction of sp³-hybridized carbons (Fsp3) is 0.385. The molecule has 1 unspecified atom stereocenters. The van der Waals surface area contributed by atoms with Crippen LogP contribution in [0.15, 0.2) is 18.2 Å². The Morgan fingerprint density at radius 3 is 2.84 bits per heavy atom.